The smallest absolute Gasteiger partial charge is 0.131 e. The zero-order chi connectivity index (χ0) is 16.9. The van der Waals surface area contributed by atoms with Crippen molar-refractivity contribution < 1.29 is 9.13 Å². The molecule has 1 nitrogen and oxygen atoms in total. The fourth-order valence-electron chi connectivity index (χ4n) is 2.56. The van der Waals surface area contributed by atoms with Gasteiger partial charge in [-0.1, -0.05) is 60.7 Å². The molecule has 0 aliphatic carbocycles. The maximum atomic E-state index is 14.3. The van der Waals surface area contributed by atoms with Gasteiger partial charge in [-0.3, -0.25) is 0 Å². The van der Waals surface area contributed by atoms with E-state index in [2.05, 4.69) is 15.9 Å². The van der Waals surface area contributed by atoms with Crippen molar-refractivity contribution in [1.82, 2.24) is 0 Å². The minimum atomic E-state index is -0.258. The molecule has 0 N–H and O–H groups in total. The van der Waals surface area contributed by atoms with E-state index < -0.39 is 0 Å². The molecule has 0 aliphatic heterocycles. The van der Waals surface area contributed by atoms with E-state index in [9.17, 15) is 4.39 Å². The molecule has 0 aromatic heterocycles. The minimum Gasteiger partial charge on any atom is -0.497 e. The zero-order valence-corrected chi connectivity index (χ0v) is 14.8. The van der Waals surface area contributed by atoms with Crippen molar-refractivity contribution in [2.75, 3.05) is 7.11 Å². The number of halogens is 2. The number of methoxy groups -OCH3 is 1. The predicted molar refractivity (Wildman–Crippen MR) is 101 cm³/mol. The van der Waals surface area contributed by atoms with Gasteiger partial charge in [0.05, 0.1) is 7.11 Å². The molecule has 0 radical (unpaired) electrons. The highest BCUT2D eigenvalue weighted by atomic mass is 79.9. The summed E-state index contributed by atoms with van der Waals surface area (Å²) in [5.74, 6) is 0.527. The first kappa shape index (κ1) is 16.5. The van der Waals surface area contributed by atoms with E-state index in [1.165, 1.54) is 6.07 Å². The molecular weight excluding hydrogens is 367 g/mol. The average molecular weight is 383 g/mol. The van der Waals surface area contributed by atoms with Crippen LogP contribution in [0.2, 0.25) is 0 Å². The molecule has 120 valence electrons. The molecule has 3 aromatic rings. The highest BCUT2D eigenvalue weighted by molar-refractivity contribution is 9.15. The standard InChI is InChI=1S/C21H16BrFO/c1-24-17-13-11-16(12-14-17)20(15-7-3-2-4-8-15)21(22)18-9-5-6-10-19(18)23/h2-14H,1H3/b21-20+. The molecule has 0 spiro atoms. The van der Waals surface area contributed by atoms with Gasteiger partial charge in [-0.25, -0.2) is 4.39 Å². The summed E-state index contributed by atoms with van der Waals surface area (Å²) in [6.45, 7) is 0. The van der Waals surface area contributed by atoms with Gasteiger partial charge < -0.3 is 4.74 Å². The van der Waals surface area contributed by atoms with Crippen LogP contribution in [0.4, 0.5) is 4.39 Å². The first-order valence-corrected chi connectivity index (χ1v) is 8.34. The molecule has 0 aliphatic rings. The van der Waals surface area contributed by atoms with Crippen molar-refractivity contribution in [2.24, 2.45) is 0 Å². The summed E-state index contributed by atoms with van der Waals surface area (Å²) in [5.41, 5.74) is 3.46. The summed E-state index contributed by atoms with van der Waals surface area (Å²) in [6, 6.07) is 24.5. The van der Waals surface area contributed by atoms with Gasteiger partial charge >= 0.3 is 0 Å². The molecule has 0 bridgehead atoms. The van der Waals surface area contributed by atoms with Crippen LogP contribution in [0.5, 0.6) is 5.75 Å². The lowest BCUT2D eigenvalue weighted by Gasteiger charge is -2.14. The van der Waals surface area contributed by atoms with E-state index in [1.54, 1.807) is 19.2 Å². The molecule has 0 fully saturated rings. The Bertz CT molecular complexity index is 855. The van der Waals surface area contributed by atoms with Gasteiger partial charge in [-0.2, -0.15) is 0 Å². The van der Waals surface area contributed by atoms with E-state index in [-0.39, 0.29) is 5.82 Å². The molecule has 3 rings (SSSR count). The van der Waals surface area contributed by atoms with E-state index in [4.69, 9.17) is 4.74 Å². The summed E-state index contributed by atoms with van der Waals surface area (Å²) >= 11 is 3.62. The van der Waals surface area contributed by atoms with Crippen molar-refractivity contribution in [3.05, 3.63) is 101 Å². The van der Waals surface area contributed by atoms with Crippen LogP contribution in [0, 0.1) is 5.82 Å². The molecule has 0 heterocycles. The summed E-state index contributed by atoms with van der Waals surface area (Å²) in [6.07, 6.45) is 0. The van der Waals surface area contributed by atoms with Gasteiger partial charge in [0.25, 0.3) is 0 Å². The van der Waals surface area contributed by atoms with Crippen LogP contribution in [0.15, 0.2) is 78.9 Å². The Hall–Kier alpha value is -2.39. The lowest BCUT2D eigenvalue weighted by molar-refractivity contribution is 0.415. The van der Waals surface area contributed by atoms with Crippen LogP contribution >= 0.6 is 15.9 Å². The lowest BCUT2D eigenvalue weighted by Crippen LogP contribution is -1.94. The molecule has 3 aromatic carbocycles. The fourth-order valence-corrected chi connectivity index (χ4v) is 3.34. The number of hydrogen-bond acceptors (Lipinski definition) is 1. The normalized spacial score (nSPS) is 11.8. The van der Waals surface area contributed by atoms with Crippen molar-refractivity contribution in [2.45, 2.75) is 0 Å². The Labute approximate surface area is 149 Å². The Balaban J connectivity index is 2.22. The summed E-state index contributed by atoms with van der Waals surface area (Å²) < 4.78 is 20.2. The molecule has 24 heavy (non-hydrogen) atoms. The summed E-state index contributed by atoms with van der Waals surface area (Å²) in [4.78, 5) is 0. The number of hydrogen-bond donors (Lipinski definition) is 0. The molecular formula is C21H16BrFO. The monoisotopic (exact) mass is 382 g/mol. The van der Waals surface area contributed by atoms with Crippen LogP contribution in [0.1, 0.15) is 16.7 Å². The van der Waals surface area contributed by atoms with Crippen LogP contribution < -0.4 is 4.74 Å². The van der Waals surface area contributed by atoms with Gasteiger partial charge in [-0.05, 0) is 45.3 Å². The second-order valence-electron chi connectivity index (χ2n) is 5.26. The molecule has 0 saturated heterocycles. The van der Waals surface area contributed by atoms with Crippen molar-refractivity contribution in [1.29, 1.82) is 0 Å². The van der Waals surface area contributed by atoms with Gasteiger partial charge in [0.15, 0.2) is 0 Å². The molecule has 0 amide bonds. The predicted octanol–water partition coefficient (Wildman–Crippen LogP) is 6.15. The molecule has 0 unspecified atom stereocenters. The molecule has 0 saturated carbocycles. The first-order chi connectivity index (χ1) is 11.7. The van der Waals surface area contributed by atoms with Crippen molar-refractivity contribution in [3.8, 4) is 5.75 Å². The number of ether oxygens (including phenoxy) is 1. The van der Waals surface area contributed by atoms with Crippen LogP contribution in [0.25, 0.3) is 10.1 Å². The number of rotatable bonds is 4. The lowest BCUT2D eigenvalue weighted by atomic mass is 9.95. The van der Waals surface area contributed by atoms with E-state index in [0.29, 0.717) is 5.56 Å². The van der Waals surface area contributed by atoms with Gasteiger partial charge in [0.2, 0.25) is 0 Å². The SMILES string of the molecule is COc1ccc(/C(=C(/Br)c2ccccc2F)c2ccccc2)cc1. The third kappa shape index (κ3) is 3.41. The fraction of sp³-hybridized carbons (Fsp3) is 0.0476. The minimum absolute atomic E-state index is 0.258. The Morgan fingerprint density at radius 3 is 2.00 bits per heavy atom. The third-order valence-electron chi connectivity index (χ3n) is 3.77. The maximum absolute atomic E-state index is 14.3. The van der Waals surface area contributed by atoms with E-state index >= 15 is 0 Å². The average Bonchev–Trinajstić information content (AvgIpc) is 2.64. The van der Waals surface area contributed by atoms with E-state index in [1.807, 2.05) is 60.7 Å². The van der Waals surface area contributed by atoms with Crippen LogP contribution in [0.3, 0.4) is 0 Å². The Kier molecular flexibility index (Phi) is 5.11. The first-order valence-electron chi connectivity index (χ1n) is 7.55. The molecule has 0 atom stereocenters. The van der Waals surface area contributed by atoms with Crippen molar-refractivity contribution in [3.63, 3.8) is 0 Å². The Morgan fingerprint density at radius 1 is 0.792 bits per heavy atom. The Morgan fingerprint density at radius 2 is 1.38 bits per heavy atom. The summed E-state index contributed by atoms with van der Waals surface area (Å²) in [7, 11) is 1.64. The van der Waals surface area contributed by atoms with Gasteiger partial charge in [0, 0.05) is 15.6 Å². The quantitative estimate of drug-likeness (QED) is 0.492. The largest absolute Gasteiger partial charge is 0.497 e. The highest BCUT2D eigenvalue weighted by Crippen LogP contribution is 2.37. The second-order valence-corrected chi connectivity index (χ2v) is 6.06. The van der Waals surface area contributed by atoms with Crippen LogP contribution in [-0.4, -0.2) is 7.11 Å². The number of benzene rings is 3. The van der Waals surface area contributed by atoms with Crippen LogP contribution in [-0.2, 0) is 0 Å². The highest BCUT2D eigenvalue weighted by Gasteiger charge is 2.14. The summed E-state index contributed by atoms with van der Waals surface area (Å²) in [5, 5.41) is 0. The third-order valence-corrected chi connectivity index (χ3v) is 4.59. The second kappa shape index (κ2) is 7.45. The maximum Gasteiger partial charge on any atom is 0.131 e. The topological polar surface area (TPSA) is 9.23 Å². The zero-order valence-electron chi connectivity index (χ0n) is 13.2. The molecule has 3 heteroatoms. The van der Waals surface area contributed by atoms with Crippen molar-refractivity contribution >= 4 is 26.0 Å². The van der Waals surface area contributed by atoms with Gasteiger partial charge in [-0.15, -0.1) is 0 Å². The van der Waals surface area contributed by atoms with E-state index in [0.717, 1.165) is 26.9 Å². The van der Waals surface area contributed by atoms with Gasteiger partial charge in [0.1, 0.15) is 11.6 Å².